The maximum absolute atomic E-state index is 14.4. The lowest BCUT2D eigenvalue weighted by atomic mass is 9.75. The second-order valence-corrected chi connectivity index (χ2v) is 10.0. The molecule has 0 radical (unpaired) electrons. The summed E-state index contributed by atoms with van der Waals surface area (Å²) in [5, 5.41) is 13.1. The number of hydrogen-bond donors (Lipinski definition) is 2. The Labute approximate surface area is 179 Å². The van der Waals surface area contributed by atoms with Crippen molar-refractivity contribution in [1.29, 1.82) is 0 Å². The summed E-state index contributed by atoms with van der Waals surface area (Å²) >= 11 is 0. The molecular formula is C22H34BFN2O4. The molecule has 0 aromatic heterocycles. The van der Waals surface area contributed by atoms with Crippen LogP contribution in [0.2, 0.25) is 0 Å². The Morgan fingerprint density at radius 2 is 1.87 bits per heavy atom. The Bertz CT molecular complexity index is 799. The molecule has 2 atom stereocenters. The smallest absolute Gasteiger partial charge is 0.399 e. The number of amides is 2. The zero-order valence-electron chi connectivity index (χ0n) is 19.1. The average Bonchev–Trinajstić information content (AvgIpc) is 3.06. The second-order valence-electron chi connectivity index (χ2n) is 10.0. The van der Waals surface area contributed by atoms with Gasteiger partial charge in [0.25, 0.3) is 0 Å². The second kappa shape index (κ2) is 8.13. The zero-order valence-corrected chi connectivity index (χ0v) is 19.1. The van der Waals surface area contributed by atoms with Crippen molar-refractivity contribution in [2.75, 3.05) is 18.4 Å². The fourth-order valence-corrected chi connectivity index (χ4v) is 4.10. The number of carbonyl (C=O) groups excluding carboxylic acids is 1. The molecule has 2 N–H and O–H groups in total. The number of nitrogens with one attached hydrogen (secondary N) is 1. The Morgan fingerprint density at radius 3 is 2.43 bits per heavy atom. The highest BCUT2D eigenvalue weighted by Crippen LogP contribution is 2.37. The Balaban J connectivity index is 1.77. The van der Waals surface area contributed by atoms with Crippen LogP contribution in [0.5, 0.6) is 0 Å². The van der Waals surface area contributed by atoms with Crippen molar-refractivity contribution < 1.29 is 23.6 Å². The number of likely N-dealkylation sites (tertiary alicyclic amines) is 1. The highest BCUT2D eigenvalue weighted by Gasteiger charge is 2.52. The predicted octanol–water partition coefficient (Wildman–Crippen LogP) is 3.30. The minimum absolute atomic E-state index is 0.0599. The molecule has 0 bridgehead atoms. The number of aliphatic hydroxyl groups is 1. The number of carbonyl (C=O) groups is 1. The first-order valence-electron chi connectivity index (χ1n) is 10.7. The first-order chi connectivity index (χ1) is 13.8. The molecular weight excluding hydrogens is 386 g/mol. The molecule has 2 amide bonds. The standard InChI is InChI=1S/C22H34BFN2O4/c1-13(2)8-15-11-26(12-19(15)27)20(28)25-18-10-16(24)9-17(14(18)3)23-29-21(4,5)22(6,7)30-23/h9-10,13,15,19,27H,8,11-12H2,1-7H3,(H,25,28)/t15-,19-/m1/s1. The lowest BCUT2D eigenvalue weighted by Crippen LogP contribution is -2.41. The zero-order chi connectivity index (χ0) is 22.4. The lowest BCUT2D eigenvalue weighted by molar-refractivity contribution is 0.00578. The summed E-state index contributed by atoms with van der Waals surface area (Å²) in [6.07, 6.45) is 0.322. The fraction of sp³-hybridized carbons (Fsp3) is 0.682. The molecule has 1 aromatic rings. The molecule has 2 fully saturated rings. The maximum atomic E-state index is 14.4. The van der Waals surface area contributed by atoms with E-state index in [2.05, 4.69) is 19.2 Å². The SMILES string of the molecule is Cc1c(NC(=O)N2C[C@@H](CC(C)C)[C@H](O)C2)cc(F)cc1B1OC(C)(C)C(C)(C)O1. The van der Waals surface area contributed by atoms with Gasteiger partial charge in [-0.15, -0.1) is 0 Å². The number of aliphatic hydroxyl groups excluding tert-OH is 1. The third-order valence-electron chi connectivity index (χ3n) is 6.63. The molecule has 2 aliphatic rings. The molecule has 1 aromatic carbocycles. The van der Waals surface area contributed by atoms with Crippen molar-refractivity contribution in [1.82, 2.24) is 4.90 Å². The van der Waals surface area contributed by atoms with Crippen LogP contribution >= 0.6 is 0 Å². The number of urea groups is 1. The molecule has 30 heavy (non-hydrogen) atoms. The first kappa shape index (κ1) is 23.0. The van der Waals surface area contributed by atoms with Crippen molar-refractivity contribution in [2.45, 2.75) is 72.2 Å². The van der Waals surface area contributed by atoms with Crippen LogP contribution in [0.3, 0.4) is 0 Å². The van der Waals surface area contributed by atoms with E-state index in [0.717, 1.165) is 6.42 Å². The highest BCUT2D eigenvalue weighted by molar-refractivity contribution is 6.62. The van der Waals surface area contributed by atoms with Gasteiger partial charge in [0.15, 0.2) is 0 Å². The van der Waals surface area contributed by atoms with E-state index in [9.17, 15) is 14.3 Å². The molecule has 0 aliphatic carbocycles. The average molecular weight is 420 g/mol. The van der Waals surface area contributed by atoms with Crippen molar-refractivity contribution in [2.24, 2.45) is 11.8 Å². The van der Waals surface area contributed by atoms with Gasteiger partial charge in [0.2, 0.25) is 0 Å². The number of rotatable bonds is 4. The van der Waals surface area contributed by atoms with Gasteiger partial charge in [0.05, 0.1) is 17.3 Å². The van der Waals surface area contributed by atoms with E-state index in [4.69, 9.17) is 9.31 Å². The van der Waals surface area contributed by atoms with Gasteiger partial charge in [-0.3, -0.25) is 0 Å². The highest BCUT2D eigenvalue weighted by atomic mass is 19.1. The minimum Gasteiger partial charge on any atom is -0.399 e. The van der Waals surface area contributed by atoms with Gasteiger partial charge in [-0.2, -0.15) is 0 Å². The number of nitrogens with zero attached hydrogens (tertiary/aromatic N) is 1. The third-order valence-corrected chi connectivity index (χ3v) is 6.63. The third kappa shape index (κ3) is 4.50. The summed E-state index contributed by atoms with van der Waals surface area (Å²) in [7, 11) is -0.717. The Morgan fingerprint density at radius 1 is 1.27 bits per heavy atom. The van der Waals surface area contributed by atoms with Crippen LogP contribution in [-0.2, 0) is 9.31 Å². The minimum atomic E-state index is -0.717. The predicted molar refractivity (Wildman–Crippen MR) is 116 cm³/mol. The lowest BCUT2D eigenvalue weighted by Gasteiger charge is -2.32. The van der Waals surface area contributed by atoms with Crippen molar-refractivity contribution in [3.05, 3.63) is 23.5 Å². The van der Waals surface area contributed by atoms with E-state index >= 15 is 0 Å². The first-order valence-corrected chi connectivity index (χ1v) is 10.7. The van der Waals surface area contributed by atoms with Crippen molar-refractivity contribution in [3.63, 3.8) is 0 Å². The van der Waals surface area contributed by atoms with Crippen LogP contribution in [0.25, 0.3) is 0 Å². The van der Waals surface area contributed by atoms with Gasteiger partial charge >= 0.3 is 13.1 Å². The molecule has 0 spiro atoms. The van der Waals surface area contributed by atoms with Crippen molar-refractivity contribution in [3.8, 4) is 0 Å². The summed E-state index contributed by atoms with van der Waals surface area (Å²) in [5.74, 6) is 0.0324. The van der Waals surface area contributed by atoms with Gasteiger partial charge in [-0.1, -0.05) is 13.8 Å². The maximum Gasteiger partial charge on any atom is 0.495 e. The van der Waals surface area contributed by atoms with Gasteiger partial charge in [-0.25, -0.2) is 9.18 Å². The Kier molecular flexibility index (Phi) is 6.24. The van der Waals surface area contributed by atoms with Gasteiger partial charge < -0.3 is 24.6 Å². The van der Waals surface area contributed by atoms with Crippen LogP contribution in [0.15, 0.2) is 12.1 Å². The largest absolute Gasteiger partial charge is 0.495 e. The molecule has 0 saturated carbocycles. The fourth-order valence-electron chi connectivity index (χ4n) is 4.10. The number of benzene rings is 1. The monoisotopic (exact) mass is 420 g/mol. The molecule has 3 rings (SSSR count). The van der Waals surface area contributed by atoms with Crippen LogP contribution in [0.1, 0.15) is 53.5 Å². The number of hydrogen-bond acceptors (Lipinski definition) is 4. The van der Waals surface area contributed by atoms with Gasteiger partial charge in [-0.05, 0) is 70.1 Å². The van der Waals surface area contributed by atoms with Crippen LogP contribution in [0.4, 0.5) is 14.9 Å². The summed E-state index contributed by atoms with van der Waals surface area (Å²) in [4.78, 5) is 14.4. The van der Waals surface area contributed by atoms with Gasteiger partial charge in [0, 0.05) is 24.7 Å². The molecule has 2 heterocycles. The quantitative estimate of drug-likeness (QED) is 0.734. The van der Waals surface area contributed by atoms with E-state index in [0.29, 0.717) is 29.2 Å². The molecule has 166 valence electrons. The van der Waals surface area contributed by atoms with E-state index in [1.807, 2.05) is 34.6 Å². The van der Waals surface area contributed by atoms with E-state index in [1.165, 1.54) is 12.1 Å². The van der Waals surface area contributed by atoms with Crippen LogP contribution in [0, 0.1) is 24.6 Å². The number of anilines is 1. The van der Waals surface area contributed by atoms with E-state index in [1.54, 1.807) is 4.90 Å². The molecule has 2 saturated heterocycles. The number of halogens is 1. The van der Waals surface area contributed by atoms with Crippen LogP contribution in [-0.4, -0.2) is 53.6 Å². The normalized spacial score (nSPS) is 25.3. The topological polar surface area (TPSA) is 71.0 Å². The molecule has 0 unspecified atom stereocenters. The summed E-state index contributed by atoms with van der Waals surface area (Å²) < 4.78 is 26.6. The van der Waals surface area contributed by atoms with Gasteiger partial charge in [0.1, 0.15) is 5.82 Å². The summed E-state index contributed by atoms with van der Waals surface area (Å²) in [5.41, 5.74) is 0.546. The molecule has 2 aliphatic heterocycles. The summed E-state index contributed by atoms with van der Waals surface area (Å²) in [6, 6.07) is 2.36. The molecule has 6 nitrogen and oxygen atoms in total. The Hall–Kier alpha value is -1.64. The molecule has 8 heteroatoms. The van der Waals surface area contributed by atoms with E-state index < -0.39 is 30.2 Å². The number of β-amino-alcohol motifs (C(OH)–C–C–N with tert-alkyl or cyclic N) is 1. The van der Waals surface area contributed by atoms with Crippen LogP contribution < -0.4 is 10.8 Å². The van der Waals surface area contributed by atoms with Crippen molar-refractivity contribution >= 4 is 24.3 Å². The van der Waals surface area contributed by atoms with E-state index in [-0.39, 0.29) is 18.5 Å². The summed E-state index contributed by atoms with van der Waals surface area (Å²) in [6.45, 7) is 14.5.